The summed E-state index contributed by atoms with van der Waals surface area (Å²) in [6.45, 7) is 3.11. The number of hydrogen-bond donors (Lipinski definition) is 1. The smallest absolute Gasteiger partial charge is 0.268 e. The van der Waals surface area contributed by atoms with Crippen LogP contribution in [0.15, 0.2) is 58.1 Å². The number of aryl methyl sites for hydroxylation is 2. The fraction of sp³-hybridized carbons (Fsp3) is 0.125. The Morgan fingerprint density at radius 3 is 2.38 bits per heavy atom. The molecule has 7 nitrogen and oxygen atoms in total. The Morgan fingerprint density at radius 1 is 1.04 bits per heavy atom. The molecule has 124 valence electrons. The first-order valence-electron chi connectivity index (χ1n) is 7.10. The highest BCUT2D eigenvalue weighted by atomic mass is 32.2. The number of benzene rings is 1. The number of para-hydroxylation sites is 1. The van der Waals surface area contributed by atoms with Crippen LogP contribution in [0.3, 0.4) is 0 Å². The first-order valence-corrected chi connectivity index (χ1v) is 8.59. The molecule has 2 heterocycles. The summed E-state index contributed by atoms with van der Waals surface area (Å²) in [6, 6.07) is 12.4. The average molecular weight is 345 g/mol. The Labute approximate surface area is 139 Å². The van der Waals surface area contributed by atoms with Gasteiger partial charge in [-0.05, 0) is 38.1 Å². The predicted molar refractivity (Wildman–Crippen MR) is 87.5 cm³/mol. The number of nitrogens with zero attached hydrogens (tertiary/aromatic N) is 2. The minimum absolute atomic E-state index is 0.0221. The zero-order chi connectivity index (χ0) is 17.2. The van der Waals surface area contributed by atoms with Gasteiger partial charge in [0.15, 0.2) is 10.7 Å². The second kappa shape index (κ2) is 6.32. The predicted octanol–water partition coefficient (Wildman–Crippen LogP) is 3.28. The van der Waals surface area contributed by atoms with E-state index in [2.05, 4.69) is 14.9 Å². The zero-order valence-electron chi connectivity index (χ0n) is 13.1. The maximum atomic E-state index is 12.4. The maximum absolute atomic E-state index is 12.4. The van der Waals surface area contributed by atoms with E-state index in [4.69, 9.17) is 9.26 Å². The van der Waals surface area contributed by atoms with Gasteiger partial charge in [0, 0.05) is 0 Å². The van der Waals surface area contributed by atoms with E-state index in [-0.39, 0.29) is 16.5 Å². The number of anilines is 1. The number of nitrogens with one attached hydrogen (secondary N) is 1. The number of pyridine rings is 1. The minimum atomic E-state index is -3.81. The summed E-state index contributed by atoms with van der Waals surface area (Å²) in [6.07, 6.45) is 1.44. The summed E-state index contributed by atoms with van der Waals surface area (Å²) >= 11 is 0. The van der Waals surface area contributed by atoms with E-state index < -0.39 is 10.0 Å². The third-order valence-electron chi connectivity index (χ3n) is 3.19. The molecule has 1 aromatic carbocycles. The van der Waals surface area contributed by atoms with Crippen molar-refractivity contribution in [1.82, 2.24) is 10.1 Å². The van der Waals surface area contributed by atoms with Gasteiger partial charge in [0.05, 0.1) is 6.20 Å². The van der Waals surface area contributed by atoms with Crippen LogP contribution in [0.25, 0.3) is 0 Å². The van der Waals surface area contributed by atoms with Crippen LogP contribution in [0.1, 0.15) is 11.5 Å². The lowest BCUT2D eigenvalue weighted by molar-refractivity contribution is 0.390. The van der Waals surface area contributed by atoms with E-state index in [0.717, 1.165) is 0 Å². The molecule has 0 fully saturated rings. The Morgan fingerprint density at radius 2 is 1.79 bits per heavy atom. The molecule has 24 heavy (non-hydrogen) atoms. The van der Waals surface area contributed by atoms with Crippen molar-refractivity contribution in [2.75, 3.05) is 4.72 Å². The molecule has 0 aliphatic heterocycles. The van der Waals surface area contributed by atoms with Crippen LogP contribution in [0.5, 0.6) is 11.5 Å². The van der Waals surface area contributed by atoms with Gasteiger partial charge in [-0.2, -0.15) is 0 Å². The molecule has 0 saturated heterocycles. The summed E-state index contributed by atoms with van der Waals surface area (Å²) in [7, 11) is -3.81. The summed E-state index contributed by atoms with van der Waals surface area (Å²) in [5.74, 6) is 1.57. The van der Waals surface area contributed by atoms with Crippen molar-refractivity contribution in [3.05, 3.63) is 60.1 Å². The molecule has 0 aliphatic rings. The molecule has 3 aromatic rings. The molecule has 3 rings (SSSR count). The van der Waals surface area contributed by atoms with E-state index in [1.54, 1.807) is 19.9 Å². The van der Waals surface area contributed by atoms with E-state index >= 15 is 0 Å². The van der Waals surface area contributed by atoms with Crippen molar-refractivity contribution in [3.8, 4) is 11.5 Å². The molecule has 0 amide bonds. The van der Waals surface area contributed by atoms with E-state index in [9.17, 15) is 8.42 Å². The third kappa shape index (κ3) is 3.38. The molecule has 0 atom stereocenters. The maximum Gasteiger partial charge on any atom is 0.268 e. The minimum Gasteiger partial charge on any atom is -0.456 e. The molecule has 1 N–H and O–H groups in total. The SMILES string of the molecule is Cc1noc(C)c1S(=O)(=O)Nc1ccc(Oc2ccccc2)cn1. The van der Waals surface area contributed by atoms with Gasteiger partial charge >= 0.3 is 0 Å². The number of ether oxygens (including phenoxy) is 1. The summed E-state index contributed by atoms with van der Waals surface area (Å²) < 4.78 is 37.7. The lowest BCUT2D eigenvalue weighted by atomic mass is 10.3. The van der Waals surface area contributed by atoms with Crippen molar-refractivity contribution < 1.29 is 17.7 Å². The second-order valence-electron chi connectivity index (χ2n) is 5.05. The Kier molecular flexibility index (Phi) is 4.22. The fourth-order valence-electron chi connectivity index (χ4n) is 2.17. The third-order valence-corrected chi connectivity index (χ3v) is 4.79. The molecular weight excluding hydrogens is 330 g/mol. The van der Waals surface area contributed by atoms with Gasteiger partial charge in [0.2, 0.25) is 0 Å². The molecule has 0 aliphatic carbocycles. The topological polar surface area (TPSA) is 94.3 Å². The summed E-state index contributed by atoms with van der Waals surface area (Å²) in [5, 5.41) is 3.65. The zero-order valence-corrected chi connectivity index (χ0v) is 13.9. The van der Waals surface area contributed by atoms with Crippen LogP contribution in [0.2, 0.25) is 0 Å². The fourth-order valence-corrected chi connectivity index (χ4v) is 3.51. The van der Waals surface area contributed by atoms with Gasteiger partial charge in [-0.25, -0.2) is 13.4 Å². The van der Waals surface area contributed by atoms with E-state index in [1.165, 1.54) is 12.3 Å². The summed E-state index contributed by atoms with van der Waals surface area (Å²) in [5.41, 5.74) is 0.295. The highest BCUT2D eigenvalue weighted by molar-refractivity contribution is 7.92. The Bertz CT molecular complexity index is 916. The standard InChI is InChI=1S/C16H15N3O4S/c1-11-16(12(2)23-18-11)24(20,21)19-15-9-8-14(10-17-15)22-13-6-4-3-5-7-13/h3-10H,1-2H3,(H,17,19). The Hall–Kier alpha value is -2.87. The lowest BCUT2D eigenvalue weighted by Gasteiger charge is -2.08. The summed E-state index contributed by atoms with van der Waals surface area (Å²) in [4.78, 5) is 4.09. The van der Waals surface area contributed by atoms with Crippen molar-refractivity contribution in [1.29, 1.82) is 0 Å². The van der Waals surface area contributed by atoms with Gasteiger partial charge < -0.3 is 9.26 Å². The highest BCUT2D eigenvalue weighted by Gasteiger charge is 2.24. The molecule has 8 heteroatoms. The first-order chi connectivity index (χ1) is 11.5. The highest BCUT2D eigenvalue weighted by Crippen LogP contribution is 2.24. The lowest BCUT2D eigenvalue weighted by Crippen LogP contribution is -2.15. The number of rotatable bonds is 5. The first kappa shape index (κ1) is 16.0. The van der Waals surface area contributed by atoms with Crippen molar-refractivity contribution in [2.24, 2.45) is 0 Å². The van der Waals surface area contributed by atoms with E-state index in [0.29, 0.717) is 17.2 Å². The van der Waals surface area contributed by atoms with Gasteiger partial charge in [0.25, 0.3) is 10.0 Å². The number of hydrogen-bond acceptors (Lipinski definition) is 6. The van der Waals surface area contributed by atoms with Crippen LogP contribution >= 0.6 is 0 Å². The van der Waals surface area contributed by atoms with Crippen molar-refractivity contribution >= 4 is 15.8 Å². The van der Waals surface area contributed by atoms with Crippen LogP contribution < -0.4 is 9.46 Å². The molecular formula is C16H15N3O4S. The van der Waals surface area contributed by atoms with Crippen molar-refractivity contribution in [3.63, 3.8) is 0 Å². The van der Waals surface area contributed by atoms with Gasteiger partial charge in [-0.3, -0.25) is 4.72 Å². The molecule has 2 aromatic heterocycles. The number of aromatic nitrogens is 2. The van der Waals surface area contributed by atoms with Crippen LogP contribution in [-0.4, -0.2) is 18.6 Å². The average Bonchev–Trinajstić information content (AvgIpc) is 2.90. The Balaban J connectivity index is 1.77. The molecule has 0 unspecified atom stereocenters. The molecule has 0 bridgehead atoms. The van der Waals surface area contributed by atoms with E-state index in [1.807, 2.05) is 30.3 Å². The quantitative estimate of drug-likeness (QED) is 0.762. The number of sulfonamides is 1. The largest absolute Gasteiger partial charge is 0.456 e. The monoisotopic (exact) mass is 345 g/mol. The van der Waals surface area contributed by atoms with Crippen LogP contribution in [0.4, 0.5) is 5.82 Å². The van der Waals surface area contributed by atoms with Gasteiger partial charge in [-0.1, -0.05) is 23.4 Å². The second-order valence-corrected chi connectivity index (χ2v) is 6.67. The molecule has 0 spiro atoms. The van der Waals surface area contributed by atoms with Gasteiger partial charge in [-0.15, -0.1) is 0 Å². The van der Waals surface area contributed by atoms with Crippen LogP contribution in [0, 0.1) is 13.8 Å². The molecule has 0 radical (unpaired) electrons. The normalized spacial score (nSPS) is 11.2. The van der Waals surface area contributed by atoms with Gasteiger partial charge in [0.1, 0.15) is 23.0 Å². The van der Waals surface area contributed by atoms with Crippen molar-refractivity contribution in [2.45, 2.75) is 18.7 Å². The molecule has 0 saturated carbocycles. The van der Waals surface area contributed by atoms with Crippen LogP contribution in [-0.2, 0) is 10.0 Å².